The van der Waals surface area contributed by atoms with Crippen molar-refractivity contribution < 1.29 is 4.79 Å². The van der Waals surface area contributed by atoms with Gasteiger partial charge in [-0.2, -0.15) is 0 Å². The zero-order valence-corrected chi connectivity index (χ0v) is 11.5. The largest absolute Gasteiger partial charge is 0.347 e. The van der Waals surface area contributed by atoms with Crippen LogP contribution in [0.3, 0.4) is 0 Å². The van der Waals surface area contributed by atoms with Crippen molar-refractivity contribution in [1.82, 2.24) is 4.57 Å². The number of hydrogen-bond acceptors (Lipinski definition) is 2. The van der Waals surface area contributed by atoms with Crippen molar-refractivity contribution in [3.63, 3.8) is 0 Å². The maximum Gasteiger partial charge on any atom is 0.225 e. The number of fused-ring (bicyclic) bond motifs is 1. The molecule has 3 N–H and O–H groups in total. The molecule has 0 bridgehead atoms. The molecule has 102 valence electrons. The number of carbonyl (C=O) groups is 1. The van der Waals surface area contributed by atoms with E-state index in [0.29, 0.717) is 6.42 Å². The Hall–Kier alpha value is -1.81. The fourth-order valence-electron chi connectivity index (χ4n) is 2.20. The lowest BCUT2D eigenvalue weighted by Crippen LogP contribution is -2.23. The monoisotopic (exact) mass is 259 g/mol. The Morgan fingerprint density at radius 2 is 2.21 bits per heavy atom. The number of nitrogens with two attached hydrogens (primary N) is 1. The second-order valence-corrected chi connectivity index (χ2v) is 5.01. The van der Waals surface area contributed by atoms with E-state index < -0.39 is 0 Å². The van der Waals surface area contributed by atoms with Crippen molar-refractivity contribution in [2.75, 3.05) is 5.32 Å². The summed E-state index contributed by atoms with van der Waals surface area (Å²) in [6, 6.07) is 7.95. The summed E-state index contributed by atoms with van der Waals surface area (Å²) >= 11 is 0. The summed E-state index contributed by atoms with van der Waals surface area (Å²) in [7, 11) is 0. The quantitative estimate of drug-likeness (QED) is 0.867. The third-order valence-electron chi connectivity index (χ3n) is 3.03. The molecule has 1 amide bonds. The van der Waals surface area contributed by atoms with Crippen LogP contribution in [0.15, 0.2) is 30.5 Å². The number of nitrogens with one attached hydrogen (secondary N) is 1. The molecule has 4 nitrogen and oxygen atoms in total. The Labute approximate surface area is 113 Å². The number of anilines is 1. The van der Waals surface area contributed by atoms with Gasteiger partial charge in [0.2, 0.25) is 5.91 Å². The first kappa shape index (κ1) is 13.6. The molecule has 1 atom stereocenters. The number of carbonyl (C=O) groups excluding carboxylic acids is 1. The summed E-state index contributed by atoms with van der Waals surface area (Å²) in [6.07, 6.45) is 3.51. The maximum absolute atomic E-state index is 11.7. The van der Waals surface area contributed by atoms with Crippen LogP contribution < -0.4 is 11.1 Å². The van der Waals surface area contributed by atoms with Crippen molar-refractivity contribution in [1.29, 1.82) is 0 Å². The normalized spacial score (nSPS) is 12.6. The molecule has 0 radical (unpaired) electrons. The van der Waals surface area contributed by atoms with Gasteiger partial charge >= 0.3 is 0 Å². The number of amides is 1. The van der Waals surface area contributed by atoms with Gasteiger partial charge in [-0.3, -0.25) is 4.79 Å². The molecule has 0 fully saturated rings. The Balaban J connectivity index is 2.20. The lowest BCUT2D eigenvalue weighted by atomic mass is 10.2. The molecule has 1 aromatic carbocycles. The van der Waals surface area contributed by atoms with Gasteiger partial charge in [-0.05, 0) is 36.9 Å². The highest BCUT2D eigenvalue weighted by atomic mass is 16.1. The van der Waals surface area contributed by atoms with Gasteiger partial charge in [0, 0.05) is 30.9 Å². The van der Waals surface area contributed by atoms with Gasteiger partial charge in [-0.25, -0.2) is 0 Å². The Bertz CT molecular complexity index is 572. The summed E-state index contributed by atoms with van der Waals surface area (Å²) in [5.41, 5.74) is 7.60. The van der Waals surface area contributed by atoms with E-state index >= 15 is 0 Å². The van der Waals surface area contributed by atoms with Crippen LogP contribution in [0.1, 0.15) is 26.7 Å². The zero-order valence-electron chi connectivity index (χ0n) is 11.5. The average molecular weight is 259 g/mol. The van der Waals surface area contributed by atoms with Gasteiger partial charge in [-0.1, -0.05) is 13.0 Å². The molecule has 2 rings (SSSR count). The van der Waals surface area contributed by atoms with Crippen LogP contribution in [-0.2, 0) is 11.3 Å². The molecule has 1 aromatic heterocycles. The van der Waals surface area contributed by atoms with Crippen molar-refractivity contribution in [2.45, 2.75) is 39.3 Å². The smallest absolute Gasteiger partial charge is 0.225 e. The van der Waals surface area contributed by atoms with E-state index in [1.54, 1.807) is 0 Å². The van der Waals surface area contributed by atoms with Crippen LogP contribution in [0.4, 0.5) is 5.69 Å². The predicted octanol–water partition coefficient (Wildman–Crippen LogP) is 2.73. The lowest BCUT2D eigenvalue weighted by Gasteiger charge is -2.09. The first-order valence-corrected chi connectivity index (χ1v) is 6.74. The first-order valence-electron chi connectivity index (χ1n) is 6.74. The molecule has 0 aliphatic heterocycles. The van der Waals surface area contributed by atoms with Gasteiger partial charge < -0.3 is 15.6 Å². The fraction of sp³-hybridized carbons (Fsp3) is 0.400. The number of rotatable bonds is 5. The molecule has 0 saturated heterocycles. The number of benzene rings is 1. The summed E-state index contributed by atoms with van der Waals surface area (Å²) < 4.78 is 2.20. The molecular formula is C15H21N3O. The minimum atomic E-state index is -0.118. The lowest BCUT2D eigenvalue weighted by molar-refractivity contribution is -0.116. The molecule has 19 heavy (non-hydrogen) atoms. The van der Waals surface area contributed by atoms with Gasteiger partial charge in [0.25, 0.3) is 0 Å². The third-order valence-corrected chi connectivity index (χ3v) is 3.03. The van der Waals surface area contributed by atoms with Crippen LogP contribution in [0.25, 0.3) is 10.9 Å². The first-order chi connectivity index (χ1) is 9.10. The molecule has 1 heterocycles. The SMILES string of the molecule is CCCn1ccc2ccc(NC(=O)CC(C)N)cc21. The van der Waals surface area contributed by atoms with Crippen molar-refractivity contribution >= 4 is 22.5 Å². The van der Waals surface area contributed by atoms with Crippen LogP contribution >= 0.6 is 0 Å². The predicted molar refractivity (Wildman–Crippen MR) is 79.1 cm³/mol. The Morgan fingerprint density at radius 1 is 1.42 bits per heavy atom. The highest BCUT2D eigenvalue weighted by molar-refractivity contribution is 5.94. The standard InChI is InChI=1S/C15H21N3O/c1-3-7-18-8-6-12-4-5-13(10-14(12)18)17-15(19)9-11(2)16/h4-6,8,10-11H,3,7,9,16H2,1-2H3,(H,17,19). The number of hydrogen-bond donors (Lipinski definition) is 2. The second-order valence-electron chi connectivity index (χ2n) is 5.01. The molecule has 0 saturated carbocycles. The average Bonchev–Trinajstić information content (AvgIpc) is 2.71. The van der Waals surface area contributed by atoms with E-state index in [2.05, 4.69) is 29.1 Å². The van der Waals surface area contributed by atoms with E-state index in [-0.39, 0.29) is 11.9 Å². The van der Waals surface area contributed by atoms with E-state index in [0.717, 1.165) is 24.2 Å². The molecule has 0 aliphatic carbocycles. The molecule has 4 heteroatoms. The van der Waals surface area contributed by atoms with Crippen LogP contribution in [0, 0.1) is 0 Å². The number of nitrogens with zero attached hydrogens (tertiary/aromatic N) is 1. The highest BCUT2D eigenvalue weighted by Gasteiger charge is 2.07. The maximum atomic E-state index is 11.7. The summed E-state index contributed by atoms with van der Waals surface area (Å²) in [5.74, 6) is -0.0389. The van der Waals surface area contributed by atoms with Crippen molar-refractivity contribution in [2.24, 2.45) is 5.73 Å². The van der Waals surface area contributed by atoms with Gasteiger partial charge in [0.1, 0.15) is 0 Å². The van der Waals surface area contributed by atoms with E-state index in [9.17, 15) is 4.79 Å². The van der Waals surface area contributed by atoms with E-state index in [1.165, 1.54) is 5.39 Å². The minimum absolute atomic E-state index is 0.0389. The molecule has 0 aliphatic rings. The molecule has 1 unspecified atom stereocenters. The van der Waals surface area contributed by atoms with Gasteiger partial charge in [0.05, 0.1) is 5.52 Å². The van der Waals surface area contributed by atoms with Crippen LogP contribution in [0.5, 0.6) is 0 Å². The molecule has 0 spiro atoms. The highest BCUT2D eigenvalue weighted by Crippen LogP contribution is 2.21. The van der Waals surface area contributed by atoms with Crippen LogP contribution in [0.2, 0.25) is 0 Å². The minimum Gasteiger partial charge on any atom is -0.347 e. The van der Waals surface area contributed by atoms with Crippen molar-refractivity contribution in [3.05, 3.63) is 30.5 Å². The summed E-state index contributed by atoms with van der Waals surface area (Å²) in [4.78, 5) is 11.7. The zero-order chi connectivity index (χ0) is 13.8. The van der Waals surface area contributed by atoms with Gasteiger partial charge in [0.15, 0.2) is 0 Å². The van der Waals surface area contributed by atoms with Gasteiger partial charge in [-0.15, -0.1) is 0 Å². The third kappa shape index (κ3) is 3.35. The van der Waals surface area contributed by atoms with Crippen molar-refractivity contribution in [3.8, 4) is 0 Å². The fourth-order valence-corrected chi connectivity index (χ4v) is 2.20. The topological polar surface area (TPSA) is 60.0 Å². The number of aromatic nitrogens is 1. The van der Waals surface area contributed by atoms with E-state index in [1.807, 2.05) is 25.1 Å². The number of aryl methyl sites for hydroxylation is 1. The van der Waals surface area contributed by atoms with Crippen LogP contribution in [-0.4, -0.2) is 16.5 Å². The van der Waals surface area contributed by atoms with E-state index in [4.69, 9.17) is 5.73 Å². The Kier molecular flexibility index (Phi) is 4.22. The Morgan fingerprint density at radius 3 is 2.89 bits per heavy atom. The molecular weight excluding hydrogens is 238 g/mol. The summed E-state index contributed by atoms with van der Waals surface area (Å²) in [6.45, 7) is 4.97. The molecule has 2 aromatic rings. The second kappa shape index (κ2) is 5.89. The summed E-state index contributed by atoms with van der Waals surface area (Å²) in [5, 5.41) is 4.09.